The zero-order valence-electron chi connectivity index (χ0n) is 17.1. The van der Waals surface area contributed by atoms with Gasteiger partial charge in [0.05, 0.1) is 24.3 Å². The van der Waals surface area contributed by atoms with Gasteiger partial charge in [0.25, 0.3) is 5.91 Å². The Hall–Kier alpha value is -3.00. The van der Waals surface area contributed by atoms with Gasteiger partial charge in [0.2, 0.25) is 0 Å². The van der Waals surface area contributed by atoms with Crippen molar-refractivity contribution < 1.29 is 9.59 Å². The summed E-state index contributed by atoms with van der Waals surface area (Å²) in [7, 11) is 3.57. The number of likely N-dealkylation sites (N-methyl/N-ethyl adjacent to an activating group) is 1. The molecule has 1 saturated heterocycles. The summed E-state index contributed by atoms with van der Waals surface area (Å²) in [4.78, 5) is 32.2. The lowest BCUT2D eigenvalue weighted by atomic mass is 10.0. The molecule has 3 aromatic rings. The van der Waals surface area contributed by atoms with Crippen molar-refractivity contribution in [1.82, 2.24) is 29.9 Å². The third-order valence-electron chi connectivity index (χ3n) is 5.57. The molecule has 4 rings (SSSR count). The van der Waals surface area contributed by atoms with Crippen LogP contribution in [0.4, 0.5) is 4.79 Å². The molecule has 1 aliphatic rings. The van der Waals surface area contributed by atoms with Crippen LogP contribution in [0.3, 0.4) is 0 Å². The topological polar surface area (TPSA) is 86.3 Å². The number of piperidine rings is 1. The molecule has 2 aromatic heterocycles. The van der Waals surface area contributed by atoms with Gasteiger partial charge in [-0.15, -0.1) is 0 Å². The summed E-state index contributed by atoms with van der Waals surface area (Å²) in [6, 6.07) is 7.44. The molecule has 2 N–H and O–H groups in total. The molecule has 3 heterocycles. The van der Waals surface area contributed by atoms with Crippen molar-refractivity contribution in [3.63, 3.8) is 0 Å². The summed E-state index contributed by atoms with van der Waals surface area (Å²) in [6.07, 6.45) is 5.02. The summed E-state index contributed by atoms with van der Waals surface area (Å²) in [5, 5.41) is 8.72. The van der Waals surface area contributed by atoms with Gasteiger partial charge >= 0.3 is 6.03 Å². The highest BCUT2D eigenvalue weighted by Gasteiger charge is 2.29. The zero-order valence-corrected chi connectivity index (χ0v) is 17.8. The number of fused-ring (bicyclic) bond motifs is 1. The predicted octanol–water partition coefficient (Wildman–Crippen LogP) is 3.00. The van der Waals surface area contributed by atoms with Crippen LogP contribution >= 0.6 is 11.6 Å². The van der Waals surface area contributed by atoms with E-state index in [0.29, 0.717) is 30.2 Å². The maximum Gasteiger partial charge on any atom is 0.317 e. The van der Waals surface area contributed by atoms with Crippen LogP contribution in [0.1, 0.15) is 28.9 Å². The molecule has 1 fully saturated rings. The molecule has 1 aliphatic heterocycles. The van der Waals surface area contributed by atoms with Crippen molar-refractivity contribution in [2.45, 2.75) is 25.4 Å². The predicted molar refractivity (Wildman–Crippen MR) is 115 cm³/mol. The molecule has 8 nitrogen and oxygen atoms in total. The number of amides is 3. The van der Waals surface area contributed by atoms with Gasteiger partial charge in [-0.2, -0.15) is 5.10 Å². The number of carbonyl (C=O) groups is 2. The van der Waals surface area contributed by atoms with Gasteiger partial charge in [0, 0.05) is 55.0 Å². The van der Waals surface area contributed by atoms with Crippen LogP contribution in [0, 0.1) is 0 Å². The first-order valence-electron chi connectivity index (χ1n) is 9.96. The van der Waals surface area contributed by atoms with Crippen LogP contribution in [-0.4, -0.2) is 62.7 Å². The van der Waals surface area contributed by atoms with Crippen LogP contribution in [-0.2, 0) is 13.6 Å². The minimum Gasteiger partial charge on any atom is -0.357 e. The minimum atomic E-state index is -0.160. The molecule has 1 aromatic carbocycles. The monoisotopic (exact) mass is 428 g/mol. The molecule has 0 unspecified atom stereocenters. The van der Waals surface area contributed by atoms with Crippen molar-refractivity contribution in [2.24, 2.45) is 7.05 Å². The summed E-state index contributed by atoms with van der Waals surface area (Å²) in [5.41, 5.74) is 2.46. The van der Waals surface area contributed by atoms with Crippen molar-refractivity contribution >= 4 is 34.4 Å². The van der Waals surface area contributed by atoms with Crippen LogP contribution < -0.4 is 5.32 Å². The Bertz CT molecular complexity index is 1070. The molecule has 0 saturated carbocycles. The lowest BCUT2D eigenvalue weighted by Crippen LogP contribution is -2.52. The first kappa shape index (κ1) is 20.3. The molecular weight excluding hydrogens is 404 g/mol. The van der Waals surface area contributed by atoms with E-state index >= 15 is 0 Å². The second-order valence-corrected chi connectivity index (χ2v) is 8.18. The Morgan fingerprint density at radius 3 is 2.97 bits per heavy atom. The summed E-state index contributed by atoms with van der Waals surface area (Å²) >= 11 is 6.03. The fourth-order valence-electron chi connectivity index (χ4n) is 3.89. The van der Waals surface area contributed by atoms with E-state index in [4.69, 9.17) is 11.6 Å². The number of aromatic amines is 1. The second kappa shape index (κ2) is 8.39. The van der Waals surface area contributed by atoms with E-state index in [1.54, 1.807) is 41.0 Å². The fraction of sp³-hybridized carbons (Fsp3) is 0.381. The summed E-state index contributed by atoms with van der Waals surface area (Å²) in [6.45, 7) is 1.60. The minimum absolute atomic E-state index is 0.0270. The Balaban J connectivity index is 1.35. The number of benzene rings is 1. The Labute approximate surface area is 179 Å². The lowest BCUT2D eigenvalue weighted by Gasteiger charge is -2.37. The maximum absolute atomic E-state index is 12.7. The van der Waals surface area contributed by atoms with Crippen molar-refractivity contribution in [3.8, 4) is 0 Å². The zero-order chi connectivity index (χ0) is 21.3. The van der Waals surface area contributed by atoms with Crippen molar-refractivity contribution in [3.05, 3.63) is 52.9 Å². The van der Waals surface area contributed by atoms with E-state index in [1.165, 1.54) is 0 Å². The first-order valence-corrected chi connectivity index (χ1v) is 10.3. The number of rotatable bonds is 4. The number of halogens is 1. The number of carbonyl (C=O) groups excluding carboxylic acids is 2. The van der Waals surface area contributed by atoms with Crippen LogP contribution in [0.25, 0.3) is 10.9 Å². The molecule has 158 valence electrons. The Morgan fingerprint density at radius 2 is 2.20 bits per heavy atom. The number of urea groups is 1. The van der Waals surface area contributed by atoms with E-state index in [9.17, 15) is 9.59 Å². The number of H-pyrrole nitrogens is 1. The average Bonchev–Trinajstić information content (AvgIpc) is 3.36. The molecule has 9 heteroatoms. The average molecular weight is 429 g/mol. The van der Waals surface area contributed by atoms with Crippen molar-refractivity contribution in [1.29, 1.82) is 0 Å². The highest BCUT2D eigenvalue weighted by atomic mass is 35.5. The quantitative estimate of drug-likeness (QED) is 0.669. The third kappa shape index (κ3) is 4.28. The van der Waals surface area contributed by atoms with Gasteiger partial charge in [-0.3, -0.25) is 9.48 Å². The molecule has 3 amide bonds. The van der Waals surface area contributed by atoms with Crippen LogP contribution in [0.2, 0.25) is 5.02 Å². The number of hydrogen-bond acceptors (Lipinski definition) is 3. The van der Waals surface area contributed by atoms with E-state index in [2.05, 4.69) is 15.4 Å². The van der Waals surface area contributed by atoms with E-state index in [1.807, 2.05) is 24.3 Å². The van der Waals surface area contributed by atoms with Gasteiger partial charge < -0.3 is 20.1 Å². The van der Waals surface area contributed by atoms with Crippen LogP contribution in [0.15, 0.2) is 36.7 Å². The highest BCUT2D eigenvalue weighted by molar-refractivity contribution is 6.31. The molecule has 0 bridgehead atoms. The summed E-state index contributed by atoms with van der Waals surface area (Å²) < 4.78 is 1.62. The summed E-state index contributed by atoms with van der Waals surface area (Å²) in [5.74, 6) is -0.0432. The fourth-order valence-corrected chi connectivity index (χ4v) is 4.07. The number of aromatic nitrogens is 3. The molecule has 30 heavy (non-hydrogen) atoms. The van der Waals surface area contributed by atoms with Crippen LogP contribution in [0.5, 0.6) is 0 Å². The largest absolute Gasteiger partial charge is 0.357 e. The smallest absolute Gasteiger partial charge is 0.317 e. The highest BCUT2D eigenvalue weighted by Crippen LogP contribution is 2.20. The molecule has 0 aliphatic carbocycles. The van der Waals surface area contributed by atoms with Gasteiger partial charge in [-0.1, -0.05) is 11.6 Å². The Morgan fingerprint density at radius 1 is 1.37 bits per heavy atom. The lowest BCUT2D eigenvalue weighted by molar-refractivity contribution is 0.0636. The number of aryl methyl sites for hydroxylation is 1. The SMILES string of the molecule is CN(C(=O)NCc1cc2cc(Cl)ccc2[nH]1)[C@@H]1CCCN(C(=O)c2cnn(C)c2)C1. The first-order chi connectivity index (χ1) is 14.4. The van der Waals surface area contributed by atoms with Gasteiger partial charge in [-0.05, 0) is 37.1 Å². The van der Waals surface area contributed by atoms with Gasteiger partial charge in [-0.25, -0.2) is 4.79 Å². The van der Waals surface area contributed by atoms with Crippen molar-refractivity contribution in [2.75, 3.05) is 20.1 Å². The van der Waals surface area contributed by atoms with E-state index < -0.39 is 0 Å². The van der Waals surface area contributed by atoms with E-state index in [-0.39, 0.29) is 18.0 Å². The molecule has 0 radical (unpaired) electrons. The number of nitrogens with zero attached hydrogens (tertiary/aromatic N) is 4. The molecular formula is C21H25ClN6O2. The second-order valence-electron chi connectivity index (χ2n) is 7.75. The Kier molecular flexibility index (Phi) is 5.67. The standard InChI is InChI=1S/C21H25ClN6O2/c1-26-12-15(10-24-26)20(29)28-7-3-4-18(13-28)27(2)21(30)23-11-17-9-14-8-16(22)5-6-19(14)25-17/h5-6,8-10,12,18,25H,3-4,7,11,13H2,1-2H3,(H,23,30)/t18-/m1/s1. The van der Waals surface area contributed by atoms with Gasteiger partial charge in [0.1, 0.15) is 0 Å². The van der Waals surface area contributed by atoms with E-state index in [0.717, 1.165) is 29.4 Å². The number of likely N-dealkylation sites (tertiary alicyclic amines) is 1. The third-order valence-corrected chi connectivity index (χ3v) is 5.81. The number of nitrogens with one attached hydrogen (secondary N) is 2. The molecule has 1 atom stereocenters. The normalized spacial score (nSPS) is 16.6. The maximum atomic E-state index is 12.7. The number of hydrogen-bond donors (Lipinski definition) is 2. The van der Waals surface area contributed by atoms with Gasteiger partial charge in [0.15, 0.2) is 0 Å². The molecule has 0 spiro atoms.